The second-order valence-electron chi connectivity index (χ2n) is 6.19. The maximum atomic E-state index is 11.9. The number of halogens is 1. The third-order valence-corrected chi connectivity index (χ3v) is 4.31. The van der Waals surface area contributed by atoms with E-state index in [4.69, 9.17) is 4.74 Å². The van der Waals surface area contributed by atoms with Crippen molar-refractivity contribution >= 4 is 35.8 Å². The van der Waals surface area contributed by atoms with E-state index in [1.165, 1.54) is 12.8 Å². The Bertz CT molecular complexity index is 574. The van der Waals surface area contributed by atoms with E-state index in [1.807, 2.05) is 31.2 Å². The van der Waals surface area contributed by atoms with E-state index in [0.29, 0.717) is 38.1 Å². The summed E-state index contributed by atoms with van der Waals surface area (Å²) in [6.07, 6.45) is 5.13. The van der Waals surface area contributed by atoms with Crippen LogP contribution in [0, 0.1) is 0 Å². The first-order chi connectivity index (χ1) is 12.2. The molecule has 6 nitrogen and oxygen atoms in total. The van der Waals surface area contributed by atoms with Crippen molar-refractivity contribution in [2.24, 2.45) is 4.99 Å². The van der Waals surface area contributed by atoms with Crippen LogP contribution < -0.4 is 20.7 Å². The van der Waals surface area contributed by atoms with Crippen LogP contribution in [0.15, 0.2) is 29.3 Å². The van der Waals surface area contributed by atoms with Gasteiger partial charge in [0.15, 0.2) is 5.96 Å². The SMILES string of the molecule is CCOc1ccccc1CNC(=NC)NCCC(=O)NC1CCCC1.I. The molecule has 0 atom stereocenters. The first-order valence-electron chi connectivity index (χ1n) is 9.17. The lowest BCUT2D eigenvalue weighted by Gasteiger charge is -2.15. The molecule has 146 valence electrons. The van der Waals surface area contributed by atoms with E-state index >= 15 is 0 Å². The van der Waals surface area contributed by atoms with Crippen LogP contribution in [0.1, 0.15) is 44.6 Å². The number of aliphatic imine (C=N–C) groups is 1. The standard InChI is InChI=1S/C19H30N4O2.HI/c1-3-25-17-11-7-4-8-15(17)14-22-19(20-2)21-13-12-18(24)23-16-9-5-6-10-16;/h4,7-8,11,16H,3,5-6,9-10,12-14H2,1-2H3,(H,23,24)(H2,20,21,22);1H. The highest BCUT2D eigenvalue weighted by atomic mass is 127. The van der Waals surface area contributed by atoms with E-state index < -0.39 is 0 Å². The Hall–Kier alpha value is -1.51. The summed E-state index contributed by atoms with van der Waals surface area (Å²) in [6, 6.07) is 8.32. The topological polar surface area (TPSA) is 74.8 Å². The number of nitrogens with one attached hydrogen (secondary N) is 3. The highest BCUT2D eigenvalue weighted by Gasteiger charge is 2.16. The fourth-order valence-electron chi connectivity index (χ4n) is 3.01. The van der Waals surface area contributed by atoms with Gasteiger partial charge in [-0.25, -0.2) is 0 Å². The number of hydrogen-bond donors (Lipinski definition) is 3. The number of carbonyl (C=O) groups excluding carboxylic acids is 1. The Morgan fingerprint density at radius 3 is 2.65 bits per heavy atom. The van der Waals surface area contributed by atoms with Crippen LogP contribution in [0.2, 0.25) is 0 Å². The molecule has 0 unspecified atom stereocenters. The van der Waals surface area contributed by atoms with Gasteiger partial charge in [-0.1, -0.05) is 31.0 Å². The molecule has 0 aromatic heterocycles. The molecular weight excluding hydrogens is 443 g/mol. The lowest BCUT2D eigenvalue weighted by Crippen LogP contribution is -2.40. The summed E-state index contributed by atoms with van der Waals surface area (Å²) in [5.41, 5.74) is 1.08. The molecule has 0 bridgehead atoms. The van der Waals surface area contributed by atoms with Gasteiger partial charge in [0.25, 0.3) is 0 Å². The molecule has 1 aliphatic rings. The largest absolute Gasteiger partial charge is 0.494 e. The number of para-hydroxylation sites is 1. The molecule has 1 aromatic rings. The molecule has 0 radical (unpaired) electrons. The summed E-state index contributed by atoms with van der Waals surface area (Å²) in [6.45, 7) is 3.79. The van der Waals surface area contributed by atoms with Crippen LogP contribution in [0.25, 0.3) is 0 Å². The molecule has 1 amide bonds. The van der Waals surface area contributed by atoms with E-state index in [0.717, 1.165) is 24.2 Å². The minimum atomic E-state index is 0. The lowest BCUT2D eigenvalue weighted by molar-refractivity contribution is -0.121. The van der Waals surface area contributed by atoms with E-state index in [-0.39, 0.29) is 29.9 Å². The van der Waals surface area contributed by atoms with Crippen molar-refractivity contribution in [2.75, 3.05) is 20.2 Å². The van der Waals surface area contributed by atoms with E-state index in [9.17, 15) is 4.79 Å². The van der Waals surface area contributed by atoms with Gasteiger partial charge in [-0.3, -0.25) is 9.79 Å². The van der Waals surface area contributed by atoms with Crippen LogP contribution >= 0.6 is 24.0 Å². The Labute approximate surface area is 173 Å². The smallest absolute Gasteiger partial charge is 0.221 e. The monoisotopic (exact) mass is 474 g/mol. The Morgan fingerprint density at radius 2 is 1.96 bits per heavy atom. The van der Waals surface area contributed by atoms with Gasteiger partial charge in [0.2, 0.25) is 5.91 Å². The van der Waals surface area contributed by atoms with Crippen molar-refractivity contribution in [3.8, 4) is 5.75 Å². The molecule has 3 N–H and O–H groups in total. The molecular formula is C19H31IN4O2. The number of rotatable bonds is 8. The minimum absolute atomic E-state index is 0. The predicted molar refractivity (Wildman–Crippen MR) is 116 cm³/mol. The van der Waals surface area contributed by atoms with Crippen molar-refractivity contribution < 1.29 is 9.53 Å². The van der Waals surface area contributed by atoms with Crippen LogP contribution in [-0.2, 0) is 11.3 Å². The zero-order chi connectivity index (χ0) is 17.9. The van der Waals surface area contributed by atoms with Gasteiger partial charge in [-0.05, 0) is 25.8 Å². The van der Waals surface area contributed by atoms with Gasteiger partial charge in [-0.2, -0.15) is 0 Å². The molecule has 0 heterocycles. The van der Waals surface area contributed by atoms with Crippen LogP contribution in [0.5, 0.6) is 5.75 Å². The predicted octanol–water partition coefficient (Wildman–Crippen LogP) is 2.82. The van der Waals surface area contributed by atoms with Crippen LogP contribution in [-0.4, -0.2) is 38.1 Å². The Morgan fingerprint density at radius 1 is 1.23 bits per heavy atom. The number of nitrogens with zero attached hydrogens (tertiary/aromatic N) is 1. The number of benzene rings is 1. The van der Waals surface area contributed by atoms with Crippen molar-refractivity contribution in [3.05, 3.63) is 29.8 Å². The van der Waals surface area contributed by atoms with Crippen molar-refractivity contribution in [1.29, 1.82) is 0 Å². The molecule has 0 saturated heterocycles. The second kappa shape index (κ2) is 12.8. The third-order valence-electron chi connectivity index (χ3n) is 4.31. The Kier molecular flexibility index (Phi) is 11.1. The van der Waals surface area contributed by atoms with Gasteiger partial charge in [0, 0.05) is 38.2 Å². The molecule has 1 aliphatic carbocycles. The molecule has 1 aromatic carbocycles. The first kappa shape index (κ1) is 22.5. The normalized spacial score (nSPS) is 14.5. The van der Waals surface area contributed by atoms with Crippen molar-refractivity contribution in [3.63, 3.8) is 0 Å². The van der Waals surface area contributed by atoms with Gasteiger partial charge >= 0.3 is 0 Å². The zero-order valence-electron chi connectivity index (χ0n) is 15.7. The van der Waals surface area contributed by atoms with Gasteiger partial charge in [0.1, 0.15) is 5.75 Å². The molecule has 7 heteroatoms. The lowest BCUT2D eigenvalue weighted by atomic mass is 10.2. The summed E-state index contributed by atoms with van der Waals surface area (Å²) in [5.74, 6) is 1.67. The van der Waals surface area contributed by atoms with Crippen LogP contribution in [0.4, 0.5) is 0 Å². The minimum Gasteiger partial charge on any atom is -0.494 e. The highest BCUT2D eigenvalue weighted by molar-refractivity contribution is 14.0. The molecule has 26 heavy (non-hydrogen) atoms. The quantitative estimate of drug-likeness (QED) is 0.308. The summed E-state index contributed by atoms with van der Waals surface area (Å²) in [5, 5.41) is 9.54. The number of hydrogen-bond acceptors (Lipinski definition) is 3. The van der Waals surface area contributed by atoms with Crippen molar-refractivity contribution in [1.82, 2.24) is 16.0 Å². The number of amides is 1. The number of guanidine groups is 1. The van der Waals surface area contributed by atoms with Crippen LogP contribution in [0.3, 0.4) is 0 Å². The number of carbonyl (C=O) groups is 1. The van der Waals surface area contributed by atoms with Gasteiger partial charge in [-0.15, -0.1) is 24.0 Å². The first-order valence-corrected chi connectivity index (χ1v) is 9.17. The molecule has 0 spiro atoms. The molecule has 1 saturated carbocycles. The molecule has 0 aliphatic heterocycles. The molecule has 1 fully saturated rings. The number of ether oxygens (including phenoxy) is 1. The third kappa shape index (κ3) is 7.80. The Balaban J connectivity index is 0.00000338. The zero-order valence-corrected chi connectivity index (χ0v) is 18.0. The fourth-order valence-corrected chi connectivity index (χ4v) is 3.01. The second-order valence-corrected chi connectivity index (χ2v) is 6.19. The summed E-state index contributed by atoms with van der Waals surface area (Å²) in [4.78, 5) is 16.1. The van der Waals surface area contributed by atoms with Gasteiger partial charge < -0.3 is 20.7 Å². The maximum Gasteiger partial charge on any atom is 0.221 e. The van der Waals surface area contributed by atoms with Gasteiger partial charge in [0.05, 0.1) is 6.61 Å². The van der Waals surface area contributed by atoms with E-state index in [2.05, 4.69) is 20.9 Å². The van der Waals surface area contributed by atoms with E-state index in [1.54, 1.807) is 7.05 Å². The summed E-state index contributed by atoms with van der Waals surface area (Å²) >= 11 is 0. The highest BCUT2D eigenvalue weighted by Crippen LogP contribution is 2.18. The fraction of sp³-hybridized carbons (Fsp3) is 0.579. The summed E-state index contributed by atoms with van der Waals surface area (Å²) in [7, 11) is 1.72. The average molecular weight is 474 g/mol. The van der Waals surface area contributed by atoms with Crippen molar-refractivity contribution in [2.45, 2.75) is 51.6 Å². The summed E-state index contributed by atoms with van der Waals surface area (Å²) < 4.78 is 5.63. The maximum absolute atomic E-state index is 11.9. The molecule has 2 rings (SSSR count). The average Bonchev–Trinajstić information content (AvgIpc) is 3.12.